The molecule has 2 saturated carbocycles. The zero-order chi connectivity index (χ0) is 11.2. The van der Waals surface area contributed by atoms with Crippen molar-refractivity contribution in [2.75, 3.05) is 13.2 Å². The van der Waals surface area contributed by atoms with Gasteiger partial charge in [-0.25, -0.2) is 4.79 Å². The first-order valence-electron chi connectivity index (χ1n) is 6.64. The first-order valence-corrected chi connectivity index (χ1v) is 6.64. The minimum absolute atomic E-state index is 0.459. The van der Waals surface area contributed by atoms with Gasteiger partial charge in [-0.15, -0.1) is 0 Å². The normalized spacial score (nSPS) is 22.5. The molecule has 92 valence electrons. The summed E-state index contributed by atoms with van der Waals surface area (Å²) in [6.45, 7) is 1.12. The summed E-state index contributed by atoms with van der Waals surface area (Å²) in [6, 6.07) is 0. The summed E-state index contributed by atoms with van der Waals surface area (Å²) in [4.78, 5) is 11.3. The smallest absolute Gasteiger partial charge is 0.434 e. The van der Waals surface area contributed by atoms with E-state index in [0.717, 1.165) is 0 Å². The minimum Gasteiger partial charge on any atom is -0.434 e. The first kappa shape index (κ1) is 11.7. The van der Waals surface area contributed by atoms with Gasteiger partial charge < -0.3 is 9.47 Å². The molecule has 3 heteroatoms. The Balaban J connectivity index is 1.53. The molecule has 3 nitrogen and oxygen atoms in total. The van der Waals surface area contributed by atoms with Gasteiger partial charge in [0.2, 0.25) is 0 Å². The third-order valence-corrected chi connectivity index (χ3v) is 3.82. The minimum atomic E-state index is -0.459. The van der Waals surface area contributed by atoms with Crippen LogP contribution in [0.3, 0.4) is 0 Å². The van der Waals surface area contributed by atoms with Crippen molar-refractivity contribution in [3.63, 3.8) is 0 Å². The maximum Gasteiger partial charge on any atom is 0.508 e. The lowest BCUT2D eigenvalue weighted by molar-refractivity contribution is 0.0356. The quantitative estimate of drug-likeness (QED) is 0.688. The second-order valence-electron chi connectivity index (χ2n) is 5.17. The predicted molar refractivity (Wildman–Crippen MR) is 61.2 cm³/mol. The summed E-state index contributed by atoms with van der Waals surface area (Å²) in [7, 11) is 0. The summed E-state index contributed by atoms with van der Waals surface area (Å²) in [6.07, 6.45) is 9.49. The molecular formula is C13H22O3. The molecule has 0 aromatic carbocycles. The van der Waals surface area contributed by atoms with E-state index >= 15 is 0 Å². The standard InChI is InChI=1S/C13H22O3/c14-13(15-9-11-5-1-2-6-11)16-10-12-7-3-4-8-12/h11-12H,1-10H2. The maximum absolute atomic E-state index is 11.3. The van der Waals surface area contributed by atoms with E-state index in [1.165, 1.54) is 51.4 Å². The van der Waals surface area contributed by atoms with E-state index in [0.29, 0.717) is 25.0 Å². The second-order valence-corrected chi connectivity index (χ2v) is 5.17. The zero-order valence-corrected chi connectivity index (χ0v) is 9.95. The molecule has 0 aliphatic heterocycles. The fourth-order valence-corrected chi connectivity index (χ4v) is 2.77. The molecule has 0 unspecified atom stereocenters. The van der Waals surface area contributed by atoms with Crippen LogP contribution in [-0.4, -0.2) is 19.4 Å². The monoisotopic (exact) mass is 226 g/mol. The lowest BCUT2D eigenvalue weighted by atomic mass is 10.1. The van der Waals surface area contributed by atoms with E-state index in [9.17, 15) is 4.79 Å². The van der Waals surface area contributed by atoms with Gasteiger partial charge in [-0.2, -0.15) is 0 Å². The van der Waals surface area contributed by atoms with Crippen molar-refractivity contribution in [2.24, 2.45) is 11.8 Å². The molecule has 2 fully saturated rings. The topological polar surface area (TPSA) is 35.5 Å². The van der Waals surface area contributed by atoms with Gasteiger partial charge in [0.05, 0.1) is 13.2 Å². The summed E-state index contributed by atoms with van der Waals surface area (Å²) >= 11 is 0. The van der Waals surface area contributed by atoms with Gasteiger partial charge >= 0.3 is 6.16 Å². The lowest BCUT2D eigenvalue weighted by Gasteiger charge is -2.12. The molecule has 0 N–H and O–H groups in total. The van der Waals surface area contributed by atoms with Gasteiger partial charge in [0.1, 0.15) is 0 Å². The molecule has 0 amide bonds. The Bertz CT molecular complexity index is 193. The van der Waals surface area contributed by atoms with Crippen LogP contribution >= 0.6 is 0 Å². The second kappa shape index (κ2) is 6.12. The van der Waals surface area contributed by atoms with Crippen LogP contribution < -0.4 is 0 Å². The average Bonchev–Trinajstić information content (AvgIpc) is 2.96. The molecule has 2 aliphatic rings. The molecule has 2 rings (SSSR count). The Kier molecular flexibility index (Phi) is 4.49. The van der Waals surface area contributed by atoms with Gasteiger partial charge in [0, 0.05) is 0 Å². The van der Waals surface area contributed by atoms with E-state index < -0.39 is 6.16 Å². The summed E-state index contributed by atoms with van der Waals surface area (Å²) in [5.74, 6) is 1.16. The molecule has 2 aliphatic carbocycles. The lowest BCUT2D eigenvalue weighted by Crippen LogP contribution is -2.16. The number of rotatable bonds is 4. The third-order valence-electron chi connectivity index (χ3n) is 3.82. The highest BCUT2D eigenvalue weighted by molar-refractivity contribution is 5.59. The summed E-state index contributed by atoms with van der Waals surface area (Å²) < 4.78 is 10.2. The molecule has 0 radical (unpaired) electrons. The van der Waals surface area contributed by atoms with Crippen LogP contribution in [0.2, 0.25) is 0 Å². The Morgan fingerprint density at radius 3 is 1.56 bits per heavy atom. The van der Waals surface area contributed by atoms with Crippen molar-refractivity contribution in [2.45, 2.75) is 51.4 Å². The van der Waals surface area contributed by atoms with E-state index in [4.69, 9.17) is 9.47 Å². The third kappa shape index (κ3) is 3.69. The number of hydrogen-bond acceptors (Lipinski definition) is 3. The molecule has 0 heterocycles. The molecule has 0 saturated heterocycles. The summed E-state index contributed by atoms with van der Waals surface area (Å²) in [5, 5.41) is 0. The first-order chi connectivity index (χ1) is 7.84. The Morgan fingerprint density at radius 2 is 1.19 bits per heavy atom. The number of ether oxygens (including phenoxy) is 2. The largest absolute Gasteiger partial charge is 0.508 e. The molecular weight excluding hydrogens is 204 g/mol. The average molecular weight is 226 g/mol. The summed E-state index contributed by atoms with van der Waals surface area (Å²) in [5.41, 5.74) is 0. The van der Waals surface area contributed by atoms with Crippen LogP contribution in [0.5, 0.6) is 0 Å². The highest BCUT2D eigenvalue weighted by atomic mass is 16.7. The van der Waals surface area contributed by atoms with Gasteiger partial charge in [0.25, 0.3) is 0 Å². The highest BCUT2D eigenvalue weighted by Crippen LogP contribution is 2.26. The van der Waals surface area contributed by atoms with Crippen LogP contribution in [0, 0.1) is 11.8 Å². The highest BCUT2D eigenvalue weighted by Gasteiger charge is 2.19. The molecule has 0 aromatic rings. The zero-order valence-electron chi connectivity index (χ0n) is 9.95. The molecule has 0 bridgehead atoms. The Hall–Kier alpha value is -0.730. The molecule has 16 heavy (non-hydrogen) atoms. The maximum atomic E-state index is 11.3. The van der Waals surface area contributed by atoms with Crippen molar-refractivity contribution in [3.8, 4) is 0 Å². The van der Waals surface area contributed by atoms with Gasteiger partial charge in [-0.3, -0.25) is 0 Å². The SMILES string of the molecule is O=C(OCC1CCCC1)OCC1CCCC1. The van der Waals surface area contributed by atoms with Crippen LogP contribution in [0.1, 0.15) is 51.4 Å². The number of carbonyl (C=O) groups is 1. The molecule has 0 spiro atoms. The predicted octanol–water partition coefficient (Wildman–Crippen LogP) is 3.52. The fraction of sp³-hybridized carbons (Fsp3) is 0.923. The van der Waals surface area contributed by atoms with Crippen molar-refractivity contribution >= 4 is 6.16 Å². The molecule has 0 aromatic heterocycles. The van der Waals surface area contributed by atoms with Crippen molar-refractivity contribution in [1.29, 1.82) is 0 Å². The Morgan fingerprint density at radius 1 is 0.812 bits per heavy atom. The van der Waals surface area contributed by atoms with Crippen LogP contribution in [0.4, 0.5) is 4.79 Å². The van der Waals surface area contributed by atoms with E-state index in [1.807, 2.05) is 0 Å². The van der Waals surface area contributed by atoms with Gasteiger partial charge in [-0.05, 0) is 37.5 Å². The van der Waals surface area contributed by atoms with E-state index in [2.05, 4.69) is 0 Å². The van der Waals surface area contributed by atoms with E-state index in [1.54, 1.807) is 0 Å². The van der Waals surface area contributed by atoms with Crippen LogP contribution in [0.25, 0.3) is 0 Å². The van der Waals surface area contributed by atoms with Gasteiger partial charge in [0.15, 0.2) is 0 Å². The van der Waals surface area contributed by atoms with Crippen LogP contribution in [-0.2, 0) is 9.47 Å². The number of carbonyl (C=O) groups excluding carboxylic acids is 1. The number of hydrogen-bond donors (Lipinski definition) is 0. The Labute approximate surface area is 97.5 Å². The van der Waals surface area contributed by atoms with Crippen LogP contribution in [0.15, 0.2) is 0 Å². The fourth-order valence-electron chi connectivity index (χ4n) is 2.77. The van der Waals surface area contributed by atoms with Gasteiger partial charge in [-0.1, -0.05) is 25.7 Å². The molecule has 0 atom stereocenters. The van der Waals surface area contributed by atoms with Crippen molar-refractivity contribution in [1.82, 2.24) is 0 Å². The van der Waals surface area contributed by atoms with E-state index in [-0.39, 0.29) is 0 Å². The van der Waals surface area contributed by atoms with Crippen molar-refractivity contribution < 1.29 is 14.3 Å². The van der Waals surface area contributed by atoms with Crippen molar-refractivity contribution in [3.05, 3.63) is 0 Å².